The summed E-state index contributed by atoms with van der Waals surface area (Å²) in [7, 11) is 0. The predicted octanol–water partition coefficient (Wildman–Crippen LogP) is 4.75. The van der Waals surface area contributed by atoms with Crippen molar-refractivity contribution in [1.29, 1.82) is 0 Å². The Kier molecular flexibility index (Phi) is 4.18. The van der Waals surface area contributed by atoms with Crippen LogP contribution in [-0.2, 0) is 6.18 Å². The average molecular weight is 337 g/mol. The van der Waals surface area contributed by atoms with Gasteiger partial charge in [-0.15, -0.1) is 0 Å². The number of hydrogen-bond acceptors (Lipinski definition) is 3. The van der Waals surface area contributed by atoms with E-state index in [1.807, 2.05) is 24.0 Å². The third kappa shape index (κ3) is 3.19. The van der Waals surface area contributed by atoms with Crippen LogP contribution in [0.1, 0.15) is 37.2 Å². The van der Waals surface area contributed by atoms with Crippen molar-refractivity contribution in [1.82, 2.24) is 9.97 Å². The molecule has 6 heteroatoms. The second-order valence-corrected chi connectivity index (χ2v) is 7.20. The van der Waals surface area contributed by atoms with Crippen molar-refractivity contribution in [3.63, 3.8) is 0 Å². The van der Waals surface area contributed by atoms with Gasteiger partial charge in [-0.05, 0) is 49.3 Å². The lowest BCUT2D eigenvalue weighted by molar-refractivity contribution is -0.144. The van der Waals surface area contributed by atoms with Crippen molar-refractivity contribution in [2.75, 3.05) is 18.0 Å². The number of nitrogens with zero attached hydrogens (tertiary/aromatic N) is 3. The van der Waals surface area contributed by atoms with E-state index in [2.05, 4.69) is 23.8 Å². The third-order valence-corrected chi connectivity index (χ3v) is 4.54. The van der Waals surface area contributed by atoms with Crippen molar-refractivity contribution < 1.29 is 13.2 Å². The number of piperidine rings is 1. The van der Waals surface area contributed by atoms with E-state index in [1.165, 1.54) is 0 Å². The maximum absolute atomic E-state index is 13.3. The Labute approximate surface area is 139 Å². The SMILES string of the molecule is Cc1cc(C)c2nc(C(F)(F)F)nc(N3C[C@H](C)C[C@H](C)C3)c2c1. The van der Waals surface area contributed by atoms with Crippen molar-refractivity contribution in [3.05, 3.63) is 29.1 Å². The zero-order valence-corrected chi connectivity index (χ0v) is 14.4. The van der Waals surface area contributed by atoms with Gasteiger partial charge in [-0.25, -0.2) is 9.97 Å². The molecule has 0 N–H and O–H groups in total. The summed E-state index contributed by atoms with van der Waals surface area (Å²) >= 11 is 0. The molecule has 1 fully saturated rings. The molecule has 1 aromatic carbocycles. The van der Waals surface area contributed by atoms with Crippen LogP contribution in [0.5, 0.6) is 0 Å². The van der Waals surface area contributed by atoms with Crippen LogP contribution in [0.2, 0.25) is 0 Å². The summed E-state index contributed by atoms with van der Waals surface area (Å²) in [5.41, 5.74) is 2.14. The number of alkyl halides is 3. The molecule has 0 spiro atoms. The Morgan fingerprint density at radius 3 is 2.25 bits per heavy atom. The van der Waals surface area contributed by atoms with E-state index in [-0.39, 0.29) is 0 Å². The van der Waals surface area contributed by atoms with Crippen LogP contribution < -0.4 is 4.90 Å². The normalized spacial score (nSPS) is 22.2. The summed E-state index contributed by atoms with van der Waals surface area (Å²) in [6.07, 6.45) is -3.46. The minimum Gasteiger partial charge on any atom is -0.355 e. The van der Waals surface area contributed by atoms with Crippen molar-refractivity contribution in [2.45, 2.75) is 40.3 Å². The molecule has 1 aliphatic rings. The molecule has 2 heterocycles. The van der Waals surface area contributed by atoms with Crippen LogP contribution >= 0.6 is 0 Å². The lowest BCUT2D eigenvalue weighted by atomic mass is 9.91. The lowest BCUT2D eigenvalue weighted by Gasteiger charge is -2.36. The third-order valence-electron chi connectivity index (χ3n) is 4.54. The summed E-state index contributed by atoms with van der Waals surface area (Å²) in [5.74, 6) is 0.221. The minimum atomic E-state index is -4.55. The van der Waals surface area contributed by atoms with Gasteiger partial charge in [0.15, 0.2) is 0 Å². The standard InChI is InChI=1S/C18H22F3N3/c1-10-6-13(4)15-14(7-10)16(23-17(22-15)18(19,20)21)24-8-11(2)5-12(3)9-24/h6-7,11-12H,5,8-9H2,1-4H3/t11-,12+. The number of hydrogen-bond donors (Lipinski definition) is 0. The number of anilines is 1. The number of rotatable bonds is 1. The molecule has 0 aliphatic carbocycles. The highest BCUT2D eigenvalue weighted by atomic mass is 19.4. The van der Waals surface area contributed by atoms with Gasteiger partial charge in [0.1, 0.15) is 5.82 Å². The molecule has 0 amide bonds. The largest absolute Gasteiger partial charge is 0.451 e. The fraction of sp³-hybridized carbons (Fsp3) is 0.556. The average Bonchev–Trinajstić information content (AvgIpc) is 2.44. The van der Waals surface area contributed by atoms with Gasteiger partial charge in [-0.1, -0.05) is 19.9 Å². The molecule has 24 heavy (non-hydrogen) atoms. The van der Waals surface area contributed by atoms with Gasteiger partial charge >= 0.3 is 6.18 Å². The summed E-state index contributed by atoms with van der Waals surface area (Å²) < 4.78 is 39.9. The van der Waals surface area contributed by atoms with Crippen LogP contribution in [0.4, 0.5) is 19.0 Å². The van der Waals surface area contributed by atoms with Crippen LogP contribution in [0.3, 0.4) is 0 Å². The zero-order chi connectivity index (χ0) is 17.6. The fourth-order valence-corrected chi connectivity index (χ4v) is 3.77. The van der Waals surface area contributed by atoms with Gasteiger partial charge in [-0.3, -0.25) is 0 Å². The molecule has 130 valence electrons. The molecule has 1 aromatic heterocycles. The van der Waals surface area contributed by atoms with Crippen molar-refractivity contribution in [3.8, 4) is 0 Å². The molecule has 2 aromatic rings. The van der Waals surface area contributed by atoms with E-state index in [1.54, 1.807) is 6.92 Å². The monoisotopic (exact) mass is 337 g/mol. The minimum absolute atomic E-state index is 0.392. The Hall–Kier alpha value is -1.85. The van der Waals surface area contributed by atoms with Crippen LogP contribution in [0, 0.1) is 25.7 Å². The Morgan fingerprint density at radius 2 is 1.67 bits per heavy atom. The summed E-state index contributed by atoms with van der Waals surface area (Å²) in [4.78, 5) is 9.75. The number of aryl methyl sites for hydroxylation is 2. The van der Waals surface area contributed by atoms with Gasteiger partial charge in [-0.2, -0.15) is 13.2 Å². The van der Waals surface area contributed by atoms with Gasteiger partial charge in [0, 0.05) is 18.5 Å². The first-order valence-corrected chi connectivity index (χ1v) is 8.26. The van der Waals surface area contributed by atoms with E-state index in [4.69, 9.17) is 0 Å². The van der Waals surface area contributed by atoms with E-state index in [9.17, 15) is 13.2 Å². The molecule has 2 atom stereocenters. The zero-order valence-electron chi connectivity index (χ0n) is 14.4. The first kappa shape index (κ1) is 17.0. The Morgan fingerprint density at radius 1 is 1.04 bits per heavy atom. The molecule has 1 saturated heterocycles. The van der Waals surface area contributed by atoms with Crippen LogP contribution in [-0.4, -0.2) is 23.1 Å². The highest BCUT2D eigenvalue weighted by molar-refractivity contribution is 5.92. The molecule has 3 nitrogen and oxygen atoms in total. The highest BCUT2D eigenvalue weighted by Crippen LogP contribution is 2.35. The topological polar surface area (TPSA) is 29.0 Å². The summed E-state index contributed by atoms with van der Waals surface area (Å²) in [6, 6.07) is 3.75. The van der Waals surface area contributed by atoms with Crippen LogP contribution in [0.25, 0.3) is 10.9 Å². The molecule has 3 rings (SSSR count). The van der Waals surface area contributed by atoms with E-state index in [0.29, 0.717) is 28.6 Å². The fourth-order valence-electron chi connectivity index (χ4n) is 3.77. The van der Waals surface area contributed by atoms with Gasteiger partial charge < -0.3 is 4.90 Å². The molecule has 0 unspecified atom stereocenters. The first-order valence-electron chi connectivity index (χ1n) is 8.26. The van der Waals surface area contributed by atoms with Crippen molar-refractivity contribution >= 4 is 16.7 Å². The quantitative estimate of drug-likeness (QED) is 0.752. The molecule has 0 saturated carbocycles. The maximum Gasteiger partial charge on any atom is 0.451 e. The smallest absolute Gasteiger partial charge is 0.355 e. The maximum atomic E-state index is 13.3. The lowest BCUT2D eigenvalue weighted by Crippen LogP contribution is -2.39. The number of fused-ring (bicyclic) bond motifs is 1. The summed E-state index contributed by atoms with van der Waals surface area (Å²) in [6.45, 7) is 9.45. The van der Waals surface area contributed by atoms with E-state index >= 15 is 0 Å². The number of aromatic nitrogens is 2. The van der Waals surface area contributed by atoms with E-state index < -0.39 is 12.0 Å². The Bertz CT molecular complexity index is 760. The molecule has 0 bridgehead atoms. The number of benzene rings is 1. The molecular weight excluding hydrogens is 315 g/mol. The number of halogens is 3. The van der Waals surface area contributed by atoms with Gasteiger partial charge in [0.2, 0.25) is 5.82 Å². The van der Waals surface area contributed by atoms with Crippen molar-refractivity contribution in [2.24, 2.45) is 11.8 Å². The second kappa shape index (κ2) is 5.90. The van der Waals surface area contributed by atoms with Gasteiger partial charge in [0.05, 0.1) is 5.52 Å². The van der Waals surface area contributed by atoms with E-state index in [0.717, 1.165) is 30.6 Å². The molecule has 0 radical (unpaired) electrons. The molecule has 1 aliphatic heterocycles. The predicted molar refractivity (Wildman–Crippen MR) is 89.2 cm³/mol. The highest BCUT2D eigenvalue weighted by Gasteiger charge is 2.37. The Balaban J connectivity index is 2.24. The first-order chi connectivity index (χ1) is 11.1. The van der Waals surface area contributed by atoms with Crippen LogP contribution in [0.15, 0.2) is 12.1 Å². The summed E-state index contributed by atoms with van der Waals surface area (Å²) in [5, 5.41) is 0.710. The second-order valence-electron chi connectivity index (χ2n) is 7.20. The van der Waals surface area contributed by atoms with Gasteiger partial charge in [0.25, 0.3) is 0 Å². The molecular formula is C18H22F3N3.